The van der Waals surface area contributed by atoms with Gasteiger partial charge in [-0.2, -0.15) is 0 Å². The van der Waals surface area contributed by atoms with E-state index in [9.17, 15) is 19.7 Å². The summed E-state index contributed by atoms with van der Waals surface area (Å²) in [6.07, 6.45) is 2.64. The molecule has 0 spiro atoms. The van der Waals surface area contributed by atoms with Crippen LogP contribution in [0.25, 0.3) is 6.08 Å². The molecule has 1 saturated heterocycles. The highest BCUT2D eigenvalue weighted by Crippen LogP contribution is 2.34. The van der Waals surface area contributed by atoms with E-state index in [0.29, 0.717) is 5.56 Å². The second-order valence-corrected chi connectivity index (χ2v) is 7.55. The van der Waals surface area contributed by atoms with Crippen LogP contribution >= 0.6 is 11.8 Å². The maximum Gasteiger partial charge on any atom is 0.293 e. The van der Waals surface area contributed by atoms with Crippen molar-refractivity contribution in [2.24, 2.45) is 0 Å². The van der Waals surface area contributed by atoms with E-state index in [0.717, 1.165) is 34.4 Å². The van der Waals surface area contributed by atoms with Crippen molar-refractivity contribution < 1.29 is 19.2 Å². The highest BCUT2D eigenvalue weighted by atomic mass is 32.2. The van der Waals surface area contributed by atoms with Crippen molar-refractivity contribution in [2.45, 2.75) is 32.9 Å². The average molecular weight is 412 g/mol. The summed E-state index contributed by atoms with van der Waals surface area (Å²) >= 11 is 0.826. The topological polar surface area (TPSA) is 89.8 Å². The molecule has 2 amide bonds. The fourth-order valence-corrected chi connectivity index (χ4v) is 3.58. The Hall–Kier alpha value is -3.13. The Labute approximate surface area is 172 Å². The van der Waals surface area contributed by atoms with Gasteiger partial charge in [-0.1, -0.05) is 37.3 Å². The van der Waals surface area contributed by atoms with Crippen LogP contribution in [0.15, 0.2) is 53.4 Å². The molecule has 0 aliphatic carbocycles. The van der Waals surface area contributed by atoms with Crippen LogP contribution in [-0.2, 0) is 11.3 Å². The molecule has 7 nitrogen and oxygen atoms in total. The molecule has 1 aliphatic heterocycles. The summed E-state index contributed by atoms with van der Waals surface area (Å²) in [4.78, 5) is 37.0. The number of para-hydroxylation sites is 1. The fraction of sp³-hybridized carbons (Fsp3) is 0.238. The molecule has 0 radical (unpaired) electrons. The number of thioether (sulfide) groups is 1. The Morgan fingerprint density at radius 3 is 2.52 bits per heavy atom. The van der Waals surface area contributed by atoms with E-state index < -0.39 is 16.1 Å². The highest BCUT2D eigenvalue weighted by molar-refractivity contribution is 8.18. The molecule has 2 aromatic rings. The Morgan fingerprint density at radius 2 is 1.86 bits per heavy atom. The van der Waals surface area contributed by atoms with Gasteiger partial charge in [0.05, 0.1) is 22.5 Å². The zero-order valence-corrected chi connectivity index (χ0v) is 16.8. The van der Waals surface area contributed by atoms with E-state index in [2.05, 4.69) is 0 Å². The molecule has 1 atom stereocenters. The van der Waals surface area contributed by atoms with Gasteiger partial charge < -0.3 is 4.74 Å². The molecule has 29 heavy (non-hydrogen) atoms. The molecule has 1 unspecified atom stereocenters. The fourth-order valence-electron chi connectivity index (χ4n) is 2.74. The summed E-state index contributed by atoms with van der Waals surface area (Å²) in [6, 6.07) is 13.3. The van der Waals surface area contributed by atoms with Crippen LogP contribution < -0.4 is 4.74 Å². The van der Waals surface area contributed by atoms with E-state index in [4.69, 9.17) is 4.74 Å². The monoisotopic (exact) mass is 412 g/mol. The lowest BCUT2D eigenvalue weighted by Gasteiger charge is -2.12. The number of amides is 2. The first-order valence-electron chi connectivity index (χ1n) is 9.13. The first-order chi connectivity index (χ1) is 13.9. The Bertz CT molecular complexity index is 971. The number of ether oxygens (including phenoxy) is 1. The Morgan fingerprint density at radius 1 is 1.17 bits per heavy atom. The number of nitro groups is 1. The van der Waals surface area contributed by atoms with Crippen molar-refractivity contribution in [3.05, 3.63) is 74.7 Å². The van der Waals surface area contributed by atoms with Crippen LogP contribution in [-0.4, -0.2) is 27.1 Å². The zero-order chi connectivity index (χ0) is 21.0. The Kier molecular flexibility index (Phi) is 6.33. The van der Waals surface area contributed by atoms with Gasteiger partial charge in [0.1, 0.15) is 5.75 Å². The Balaban J connectivity index is 1.76. The summed E-state index contributed by atoms with van der Waals surface area (Å²) < 4.78 is 5.73. The van der Waals surface area contributed by atoms with Crippen LogP contribution in [0.3, 0.4) is 0 Å². The van der Waals surface area contributed by atoms with E-state index in [1.165, 1.54) is 6.07 Å². The SMILES string of the molecule is CCC(C)Oc1ccc(/C=C2\SC(=O)N(Cc3ccccc3[N+](=O)[O-])C2=O)cc1. The smallest absolute Gasteiger partial charge is 0.293 e. The number of benzene rings is 2. The quantitative estimate of drug-likeness (QED) is 0.361. The minimum Gasteiger partial charge on any atom is -0.491 e. The third-order valence-corrected chi connectivity index (χ3v) is 5.39. The van der Waals surface area contributed by atoms with Crippen molar-refractivity contribution in [3.63, 3.8) is 0 Å². The lowest BCUT2D eigenvalue weighted by Crippen LogP contribution is -2.27. The number of hydrogen-bond donors (Lipinski definition) is 0. The molecule has 8 heteroatoms. The van der Waals surface area contributed by atoms with Gasteiger partial charge in [0.2, 0.25) is 0 Å². The molecule has 0 aromatic heterocycles. The van der Waals surface area contributed by atoms with Crippen LogP contribution in [0.1, 0.15) is 31.4 Å². The predicted octanol–water partition coefficient (Wildman–Crippen LogP) is 5.01. The number of hydrogen-bond acceptors (Lipinski definition) is 6. The predicted molar refractivity (Wildman–Crippen MR) is 111 cm³/mol. The largest absolute Gasteiger partial charge is 0.491 e. The van der Waals surface area contributed by atoms with Crippen LogP contribution in [0, 0.1) is 10.1 Å². The average Bonchev–Trinajstić information content (AvgIpc) is 2.97. The number of carbonyl (C=O) groups excluding carboxylic acids is 2. The summed E-state index contributed by atoms with van der Waals surface area (Å²) in [7, 11) is 0. The maximum atomic E-state index is 12.7. The summed E-state index contributed by atoms with van der Waals surface area (Å²) in [5.41, 5.74) is 0.956. The molecule has 1 heterocycles. The number of rotatable bonds is 7. The molecule has 0 saturated carbocycles. The minimum atomic E-state index is -0.521. The minimum absolute atomic E-state index is 0.111. The third-order valence-electron chi connectivity index (χ3n) is 4.48. The first-order valence-corrected chi connectivity index (χ1v) is 9.95. The van der Waals surface area contributed by atoms with Crippen molar-refractivity contribution in [1.82, 2.24) is 4.90 Å². The lowest BCUT2D eigenvalue weighted by molar-refractivity contribution is -0.385. The first kappa shape index (κ1) is 20.6. The van der Waals surface area contributed by atoms with Crippen LogP contribution in [0.4, 0.5) is 10.5 Å². The van der Waals surface area contributed by atoms with Crippen molar-refractivity contribution >= 4 is 34.7 Å². The van der Waals surface area contributed by atoms with E-state index >= 15 is 0 Å². The van der Waals surface area contributed by atoms with Crippen LogP contribution in [0.5, 0.6) is 5.75 Å². The van der Waals surface area contributed by atoms with Gasteiger partial charge in [0.15, 0.2) is 0 Å². The summed E-state index contributed by atoms with van der Waals surface area (Å²) in [5.74, 6) is 0.277. The molecular formula is C21H20N2O5S. The molecule has 2 aromatic carbocycles. The molecule has 3 rings (SSSR count). The van der Waals surface area contributed by atoms with Gasteiger partial charge >= 0.3 is 0 Å². The van der Waals surface area contributed by atoms with Gasteiger partial charge in [-0.3, -0.25) is 24.6 Å². The standard InChI is InChI=1S/C21H20N2O5S/c1-3-14(2)28-17-10-8-15(9-11-17)12-19-20(24)22(21(25)29-19)13-16-6-4-5-7-18(16)23(26)27/h4-12,14H,3,13H2,1-2H3/b19-12-. The molecule has 1 fully saturated rings. The maximum absolute atomic E-state index is 12.7. The third kappa shape index (κ3) is 4.83. The summed E-state index contributed by atoms with van der Waals surface area (Å²) in [5, 5.41) is 10.7. The normalized spacial score (nSPS) is 16.3. The van der Waals surface area contributed by atoms with Gasteiger partial charge in [0, 0.05) is 11.6 Å². The molecule has 0 N–H and O–H groups in total. The van der Waals surface area contributed by atoms with Crippen LogP contribution in [0.2, 0.25) is 0 Å². The zero-order valence-electron chi connectivity index (χ0n) is 16.0. The highest BCUT2D eigenvalue weighted by Gasteiger charge is 2.36. The van der Waals surface area contributed by atoms with Gasteiger partial charge in [-0.15, -0.1) is 0 Å². The second-order valence-electron chi connectivity index (χ2n) is 6.56. The van der Waals surface area contributed by atoms with Crippen molar-refractivity contribution in [2.75, 3.05) is 0 Å². The number of imide groups is 1. The molecule has 0 bridgehead atoms. The molecule has 150 valence electrons. The van der Waals surface area contributed by atoms with Gasteiger partial charge in [0.25, 0.3) is 16.8 Å². The second kappa shape index (κ2) is 8.91. The van der Waals surface area contributed by atoms with Crippen molar-refractivity contribution in [1.29, 1.82) is 0 Å². The number of nitro benzene ring substituents is 1. The van der Waals surface area contributed by atoms with E-state index in [1.807, 2.05) is 38.1 Å². The van der Waals surface area contributed by atoms with E-state index in [1.54, 1.807) is 24.3 Å². The summed E-state index contributed by atoms with van der Waals surface area (Å²) in [6.45, 7) is 3.89. The molecular weight excluding hydrogens is 392 g/mol. The van der Waals surface area contributed by atoms with E-state index in [-0.39, 0.29) is 23.2 Å². The lowest BCUT2D eigenvalue weighted by atomic mass is 10.1. The van der Waals surface area contributed by atoms with Gasteiger partial charge in [-0.05, 0) is 48.9 Å². The van der Waals surface area contributed by atoms with Crippen molar-refractivity contribution in [3.8, 4) is 5.75 Å². The number of carbonyl (C=O) groups is 2. The molecule has 1 aliphatic rings. The van der Waals surface area contributed by atoms with Gasteiger partial charge in [-0.25, -0.2) is 0 Å². The number of nitrogens with zero attached hydrogens (tertiary/aromatic N) is 2.